The first-order chi connectivity index (χ1) is 19.4. The maximum Gasteiger partial charge on any atom is 0.335 e. The number of hydrogen-bond donors (Lipinski definition) is 3. The van der Waals surface area contributed by atoms with Crippen LogP contribution in [0.2, 0.25) is 5.02 Å². The van der Waals surface area contributed by atoms with Gasteiger partial charge in [0.15, 0.2) is 0 Å². The molecule has 5 atom stereocenters. The molecule has 1 aliphatic heterocycles. The second kappa shape index (κ2) is 13.6. The number of rotatable bonds is 9. The number of allylic oxidation sites excluding steroid dienone is 1. The number of nitrogens with zero attached hydrogens (tertiary/aromatic N) is 1. The Bertz CT molecular complexity index is 1360. The van der Waals surface area contributed by atoms with Gasteiger partial charge in [0.25, 0.3) is 0 Å². The van der Waals surface area contributed by atoms with E-state index >= 15 is 0 Å². The number of ether oxygens (including phenoxy) is 1. The van der Waals surface area contributed by atoms with Crippen molar-refractivity contribution in [1.29, 1.82) is 0 Å². The predicted octanol–water partition coefficient (Wildman–Crippen LogP) is 5.41. The van der Waals surface area contributed by atoms with Crippen LogP contribution in [0.1, 0.15) is 67.4 Å². The number of halogens is 1. The van der Waals surface area contributed by atoms with E-state index in [-0.39, 0.29) is 23.3 Å². The summed E-state index contributed by atoms with van der Waals surface area (Å²) in [6.45, 7) is 5.20. The van der Waals surface area contributed by atoms with Crippen LogP contribution in [0, 0.1) is 17.8 Å². The van der Waals surface area contributed by atoms with Crippen molar-refractivity contribution in [2.75, 3.05) is 18.0 Å². The highest BCUT2D eigenvalue weighted by Gasteiger charge is 2.37. The standard InChI is InChI=1S/C31H41ClN2O6S/c1-20(21(2)41(33,38)39)6-5-8-29(35)27-13-10-24(27)18-34-15-4-3-7-22-16-26(32)12-9-25(22)19-40-30-14-11-23(31(36)37)17-28(30)34/h5,8-9,11-12,14,16-17,20-21,24,27,29,35H,3-4,6-7,10,13,15,18-19H2,1-2H3,(H,36,37)(H2,33,38,39)/b8-5+/t20-,21-,24-,27+,29?/m0/s1. The van der Waals surface area contributed by atoms with E-state index in [1.807, 2.05) is 31.2 Å². The number of fused-ring (bicyclic) bond motifs is 2. The zero-order valence-corrected chi connectivity index (χ0v) is 25.3. The molecule has 1 heterocycles. The molecule has 0 radical (unpaired) electrons. The lowest BCUT2D eigenvalue weighted by atomic mass is 9.70. The number of primary sulfonamides is 1. The third kappa shape index (κ3) is 8.03. The molecule has 0 saturated heterocycles. The van der Waals surface area contributed by atoms with Crippen LogP contribution >= 0.6 is 11.6 Å². The van der Waals surface area contributed by atoms with Gasteiger partial charge in [0, 0.05) is 18.1 Å². The van der Waals surface area contributed by atoms with Gasteiger partial charge < -0.3 is 19.8 Å². The second-order valence-electron chi connectivity index (χ2n) is 11.5. The summed E-state index contributed by atoms with van der Waals surface area (Å²) in [5.41, 5.74) is 3.19. The summed E-state index contributed by atoms with van der Waals surface area (Å²) in [5.74, 6) is -0.236. The van der Waals surface area contributed by atoms with Crippen molar-refractivity contribution in [2.45, 2.75) is 70.3 Å². The molecule has 8 nitrogen and oxygen atoms in total. The van der Waals surface area contributed by atoms with Gasteiger partial charge in [0.1, 0.15) is 12.4 Å². The molecule has 0 bridgehead atoms. The Morgan fingerprint density at radius 1 is 1.17 bits per heavy atom. The van der Waals surface area contributed by atoms with Crippen LogP contribution in [0.4, 0.5) is 5.69 Å². The molecule has 1 unspecified atom stereocenters. The average molecular weight is 605 g/mol. The summed E-state index contributed by atoms with van der Waals surface area (Å²) in [6.07, 6.45) is 8.08. The summed E-state index contributed by atoms with van der Waals surface area (Å²) in [4.78, 5) is 14.1. The van der Waals surface area contributed by atoms with Crippen molar-refractivity contribution in [3.63, 3.8) is 0 Å². The van der Waals surface area contributed by atoms with E-state index in [2.05, 4.69) is 4.90 Å². The maximum atomic E-state index is 11.8. The highest BCUT2D eigenvalue weighted by molar-refractivity contribution is 7.89. The van der Waals surface area contributed by atoms with Crippen LogP contribution in [0.5, 0.6) is 5.75 Å². The van der Waals surface area contributed by atoms with Gasteiger partial charge in [-0.25, -0.2) is 18.4 Å². The van der Waals surface area contributed by atoms with Crippen LogP contribution < -0.4 is 14.8 Å². The van der Waals surface area contributed by atoms with E-state index in [0.717, 1.165) is 55.5 Å². The molecular formula is C31H41ClN2O6S. The first-order valence-electron chi connectivity index (χ1n) is 14.3. The van der Waals surface area contributed by atoms with Crippen LogP contribution in [0.3, 0.4) is 0 Å². The van der Waals surface area contributed by atoms with Crippen molar-refractivity contribution in [1.82, 2.24) is 0 Å². The molecule has 1 fully saturated rings. The number of anilines is 1. The first-order valence-corrected chi connectivity index (χ1v) is 16.3. The monoisotopic (exact) mass is 604 g/mol. The number of nitrogens with two attached hydrogens (primary N) is 1. The molecule has 1 aliphatic carbocycles. The van der Waals surface area contributed by atoms with Gasteiger partial charge in [-0.2, -0.15) is 0 Å². The lowest BCUT2D eigenvalue weighted by Gasteiger charge is -2.42. The normalized spacial score (nSPS) is 21.9. The molecule has 4 rings (SSSR count). The molecule has 2 aromatic rings. The minimum atomic E-state index is -3.61. The number of aliphatic hydroxyl groups excluding tert-OH is 1. The summed E-state index contributed by atoms with van der Waals surface area (Å²) >= 11 is 6.27. The van der Waals surface area contributed by atoms with Gasteiger partial charge in [-0.3, -0.25) is 0 Å². The quantitative estimate of drug-likeness (QED) is 0.326. The van der Waals surface area contributed by atoms with Crippen LogP contribution in [-0.4, -0.2) is 49.0 Å². The lowest BCUT2D eigenvalue weighted by molar-refractivity contribution is 0.0461. The summed E-state index contributed by atoms with van der Waals surface area (Å²) in [6, 6.07) is 10.8. The summed E-state index contributed by atoms with van der Waals surface area (Å²) in [5, 5.41) is 26.0. The molecule has 1 saturated carbocycles. The van der Waals surface area contributed by atoms with Gasteiger partial charge in [0.05, 0.1) is 22.6 Å². The number of aliphatic hydroxyl groups is 1. The van der Waals surface area contributed by atoms with E-state index in [0.29, 0.717) is 30.3 Å². The largest absolute Gasteiger partial charge is 0.487 e. The molecule has 41 heavy (non-hydrogen) atoms. The van der Waals surface area contributed by atoms with E-state index in [1.165, 1.54) is 0 Å². The number of aryl methyl sites for hydroxylation is 1. The fourth-order valence-electron chi connectivity index (χ4n) is 5.72. The SMILES string of the molecule is C[C@@H](C/C=C/C(O)[C@@H]1CC[C@H]1CN1CCCCc2cc(Cl)ccc2COc2ccc(C(=O)O)cc21)[C@H](C)S(N)(=O)=O. The Kier molecular flexibility index (Phi) is 10.4. The van der Waals surface area contributed by atoms with Gasteiger partial charge in [-0.15, -0.1) is 0 Å². The first kappa shape index (κ1) is 31.3. The van der Waals surface area contributed by atoms with Gasteiger partial charge in [-0.05, 0) is 105 Å². The maximum absolute atomic E-state index is 11.8. The number of aromatic carboxylic acids is 1. The highest BCUT2D eigenvalue weighted by atomic mass is 35.5. The number of hydrogen-bond acceptors (Lipinski definition) is 6. The van der Waals surface area contributed by atoms with Crippen molar-refractivity contribution in [2.24, 2.45) is 22.9 Å². The summed E-state index contributed by atoms with van der Waals surface area (Å²) < 4.78 is 29.6. The Hall–Kier alpha value is -2.59. The molecule has 10 heteroatoms. The van der Waals surface area contributed by atoms with Gasteiger partial charge in [0.2, 0.25) is 10.0 Å². The Morgan fingerprint density at radius 2 is 1.95 bits per heavy atom. The van der Waals surface area contributed by atoms with Crippen LogP contribution in [0.25, 0.3) is 0 Å². The fourth-order valence-corrected chi connectivity index (χ4v) is 6.67. The Balaban J connectivity index is 1.50. The smallest absolute Gasteiger partial charge is 0.335 e. The second-order valence-corrected chi connectivity index (χ2v) is 13.9. The van der Waals surface area contributed by atoms with E-state index < -0.39 is 27.3 Å². The number of carboxylic acids is 1. The topological polar surface area (TPSA) is 130 Å². The fraction of sp³-hybridized carbons (Fsp3) is 0.516. The van der Waals surface area contributed by atoms with Crippen LogP contribution in [0.15, 0.2) is 48.6 Å². The molecule has 4 N–H and O–H groups in total. The van der Waals surface area contributed by atoms with Gasteiger partial charge in [-0.1, -0.05) is 36.7 Å². The minimum absolute atomic E-state index is 0.0637. The van der Waals surface area contributed by atoms with E-state index in [1.54, 1.807) is 31.2 Å². The molecule has 2 aliphatic rings. The van der Waals surface area contributed by atoms with Crippen molar-refractivity contribution in [3.05, 3.63) is 70.3 Å². The zero-order valence-electron chi connectivity index (χ0n) is 23.7. The van der Waals surface area contributed by atoms with E-state index in [9.17, 15) is 23.4 Å². The number of carboxylic acid groups (broad SMARTS) is 1. The third-order valence-electron chi connectivity index (χ3n) is 8.75. The predicted molar refractivity (Wildman–Crippen MR) is 162 cm³/mol. The lowest BCUT2D eigenvalue weighted by Crippen LogP contribution is -2.43. The van der Waals surface area contributed by atoms with Crippen molar-refractivity contribution in [3.8, 4) is 5.75 Å². The molecular weight excluding hydrogens is 564 g/mol. The highest BCUT2D eigenvalue weighted by Crippen LogP contribution is 2.41. The number of sulfonamides is 1. The third-order valence-corrected chi connectivity index (χ3v) is 10.5. The molecule has 224 valence electrons. The number of carbonyl (C=O) groups is 1. The Labute approximate surface area is 248 Å². The van der Waals surface area contributed by atoms with Crippen molar-refractivity contribution < 1.29 is 28.2 Å². The van der Waals surface area contributed by atoms with Gasteiger partial charge >= 0.3 is 5.97 Å². The average Bonchev–Trinajstić information content (AvgIpc) is 2.93. The number of benzene rings is 2. The Morgan fingerprint density at radius 3 is 2.63 bits per heavy atom. The molecule has 0 amide bonds. The molecule has 0 aromatic heterocycles. The minimum Gasteiger partial charge on any atom is -0.487 e. The summed E-state index contributed by atoms with van der Waals surface area (Å²) in [7, 11) is -3.61. The van der Waals surface area contributed by atoms with Crippen molar-refractivity contribution >= 4 is 33.3 Å². The van der Waals surface area contributed by atoms with E-state index in [4.69, 9.17) is 21.5 Å². The van der Waals surface area contributed by atoms with Crippen LogP contribution in [-0.2, 0) is 23.1 Å². The zero-order chi connectivity index (χ0) is 29.7. The molecule has 0 spiro atoms. The molecule has 2 aromatic carbocycles.